The number of anilines is 1. The average molecular weight is 399 g/mol. The normalized spacial score (nSPS) is 11.5. The van der Waals surface area contributed by atoms with Gasteiger partial charge in [-0.05, 0) is 49.2 Å². The molecule has 1 heterocycles. The molecule has 0 aliphatic rings. The zero-order chi connectivity index (χ0) is 20.3. The van der Waals surface area contributed by atoms with Crippen LogP contribution in [0.4, 0.5) is 5.69 Å². The van der Waals surface area contributed by atoms with Crippen LogP contribution in [0, 0.1) is 6.92 Å². The smallest absolute Gasteiger partial charge is 0.335 e. The monoisotopic (exact) mass is 398 g/mol. The van der Waals surface area contributed by atoms with Gasteiger partial charge in [0.25, 0.3) is 5.56 Å². The predicted octanol–water partition coefficient (Wildman–Crippen LogP) is 3.42. The first-order valence-corrected chi connectivity index (χ1v) is 9.03. The van der Waals surface area contributed by atoms with Crippen molar-refractivity contribution < 1.29 is 5.11 Å². The van der Waals surface area contributed by atoms with Crippen molar-refractivity contribution in [1.29, 1.82) is 0 Å². The van der Waals surface area contributed by atoms with Crippen molar-refractivity contribution in [2.45, 2.75) is 20.3 Å². The number of aromatic hydroxyl groups is 1. The van der Waals surface area contributed by atoms with Crippen LogP contribution in [0.25, 0.3) is 5.69 Å². The number of nitrogens with one attached hydrogen (secondary N) is 2. The molecule has 0 atom stereocenters. The number of nitrogens with zero attached hydrogens (tertiary/aromatic N) is 2. The van der Waals surface area contributed by atoms with Crippen LogP contribution in [-0.2, 0) is 0 Å². The molecule has 0 radical (unpaired) electrons. The Morgan fingerprint density at radius 2 is 1.86 bits per heavy atom. The van der Waals surface area contributed by atoms with Crippen LogP contribution in [0.15, 0.2) is 63.2 Å². The molecule has 0 bridgehead atoms. The summed E-state index contributed by atoms with van der Waals surface area (Å²) in [7, 11) is 0. The second kappa shape index (κ2) is 8.14. The molecule has 3 rings (SSSR count). The number of para-hydroxylation sites is 1. The third-order valence-corrected chi connectivity index (χ3v) is 4.50. The summed E-state index contributed by atoms with van der Waals surface area (Å²) in [6.07, 6.45) is 0.355. The highest BCUT2D eigenvalue weighted by molar-refractivity contribution is 6.30. The predicted molar refractivity (Wildman–Crippen MR) is 111 cm³/mol. The molecule has 2 aromatic carbocycles. The van der Waals surface area contributed by atoms with Crippen molar-refractivity contribution in [3.8, 4) is 11.6 Å². The lowest BCUT2D eigenvalue weighted by molar-refractivity contribution is 0.429. The molecule has 0 spiro atoms. The molecule has 3 N–H and O–H groups in total. The van der Waals surface area contributed by atoms with E-state index in [1.807, 2.05) is 31.2 Å². The molecule has 0 fully saturated rings. The molecule has 8 heteroatoms. The Morgan fingerprint density at radius 3 is 2.50 bits per heavy atom. The van der Waals surface area contributed by atoms with Crippen LogP contribution in [0.5, 0.6) is 5.88 Å². The molecule has 3 aromatic rings. The summed E-state index contributed by atoms with van der Waals surface area (Å²) >= 11 is 5.89. The number of aromatic amines is 1. The van der Waals surface area contributed by atoms with Gasteiger partial charge in [0.2, 0.25) is 5.88 Å². The first kappa shape index (κ1) is 19.4. The largest absolute Gasteiger partial charge is 0.493 e. The van der Waals surface area contributed by atoms with Crippen molar-refractivity contribution in [3.63, 3.8) is 0 Å². The van der Waals surface area contributed by atoms with E-state index < -0.39 is 17.1 Å². The summed E-state index contributed by atoms with van der Waals surface area (Å²) in [5.41, 5.74) is 3.81. The summed E-state index contributed by atoms with van der Waals surface area (Å²) in [6, 6.07) is 13.9. The zero-order valence-corrected chi connectivity index (χ0v) is 16.1. The summed E-state index contributed by atoms with van der Waals surface area (Å²) in [6.45, 7) is 3.73. The number of hydrazone groups is 1. The second-order valence-electron chi connectivity index (χ2n) is 6.11. The van der Waals surface area contributed by atoms with Crippen molar-refractivity contribution >= 4 is 23.0 Å². The number of H-pyrrole nitrogens is 1. The maximum atomic E-state index is 12.4. The third-order valence-electron chi connectivity index (χ3n) is 4.25. The molecular weight excluding hydrogens is 380 g/mol. The highest BCUT2D eigenvalue weighted by atomic mass is 35.5. The Balaban J connectivity index is 2.12. The Labute approximate surface area is 165 Å². The Kier molecular flexibility index (Phi) is 5.65. The van der Waals surface area contributed by atoms with E-state index in [1.54, 1.807) is 31.2 Å². The minimum Gasteiger partial charge on any atom is -0.493 e. The lowest BCUT2D eigenvalue weighted by atomic mass is 10.1. The molecule has 1 aromatic heterocycles. The number of benzene rings is 2. The van der Waals surface area contributed by atoms with Gasteiger partial charge in [-0.3, -0.25) is 15.2 Å². The molecule has 0 unspecified atom stereocenters. The second-order valence-corrected chi connectivity index (χ2v) is 6.54. The summed E-state index contributed by atoms with van der Waals surface area (Å²) in [5.74, 6) is -0.483. The van der Waals surface area contributed by atoms with E-state index in [4.69, 9.17) is 11.6 Å². The van der Waals surface area contributed by atoms with Gasteiger partial charge in [0.05, 0.1) is 17.1 Å². The third kappa shape index (κ3) is 3.84. The number of aryl methyl sites for hydroxylation is 1. The van der Waals surface area contributed by atoms with Crippen LogP contribution >= 0.6 is 11.6 Å². The molecule has 0 aliphatic heterocycles. The number of aromatic nitrogens is 2. The first-order valence-electron chi connectivity index (χ1n) is 8.65. The van der Waals surface area contributed by atoms with Gasteiger partial charge in [-0.15, -0.1) is 0 Å². The maximum Gasteiger partial charge on any atom is 0.335 e. The van der Waals surface area contributed by atoms with E-state index in [-0.39, 0.29) is 5.56 Å². The number of hydrogen-bond acceptors (Lipinski definition) is 5. The molecule has 144 valence electrons. The number of hydrogen-bond donors (Lipinski definition) is 3. The van der Waals surface area contributed by atoms with Crippen LogP contribution in [0.3, 0.4) is 0 Å². The standard InChI is InChI=1S/C20H19ClN4O3/c1-3-15(23-24-16-7-5-4-6-12(16)2)17-18(26)22-20(28)25(19(17)27)14-10-8-13(21)9-11-14/h4-11,24,27H,3H2,1-2H3,(H,22,26,28)/b23-15+. The van der Waals surface area contributed by atoms with E-state index in [0.29, 0.717) is 22.8 Å². The van der Waals surface area contributed by atoms with Gasteiger partial charge in [0, 0.05) is 5.02 Å². The van der Waals surface area contributed by atoms with Crippen molar-refractivity contribution in [1.82, 2.24) is 9.55 Å². The van der Waals surface area contributed by atoms with E-state index in [9.17, 15) is 14.7 Å². The van der Waals surface area contributed by atoms with Gasteiger partial charge >= 0.3 is 5.69 Å². The van der Waals surface area contributed by atoms with Gasteiger partial charge in [0.1, 0.15) is 5.56 Å². The zero-order valence-electron chi connectivity index (χ0n) is 15.4. The van der Waals surface area contributed by atoms with Gasteiger partial charge in [-0.2, -0.15) is 5.10 Å². The molecule has 28 heavy (non-hydrogen) atoms. The lowest BCUT2D eigenvalue weighted by Crippen LogP contribution is -2.33. The fourth-order valence-corrected chi connectivity index (χ4v) is 2.88. The molecule has 0 amide bonds. The van der Waals surface area contributed by atoms with E-state index >= 15 is 0 Å². The maximum absolute atomic E-state index is 12.4. The number of rotatable bonds is 5. The average Bonchev–Trinajstić information content (AvgIpc) is 2.66. The molecule has 0 saturated heterocycles. The van der Waals surface area contributed by atoms with Gasteiger partial charge < -0.3 is 5.11 Å². The quantitative estimate of drug-likeness (QED) is 0.453. The summed E-state index contributed by atoms with van der Waals surface area (Å²) in [4.78, 5) is 26.9. The highest BCUT2D eigenvalue weighted by Crippen LogP contribution is 2.20. The highest BCUT2D eigenvalue weighted by Gasteiger charge is 2.19. The molecule has 0 aliphatic carbocycles. The van der Waals surface area contributed by atoms with Gasteiger partial charge in [-0.1, -0.05) is 36.7 Å². The first-order chi connectivity index (χ1) is 13.4. The van der Waals surface area contributed by atoms with Crippen LogP contribution in [-0.4, -0.2) is 20.4 Å². The fraction of sp³-hybridized carbons (Fsp3) is 0.150. The topological polar surface area (TPSA) is 99.5 Å². The van der Waals surface area contributed by atoms with Crippen molar-refractivity contribution in [3.05, 3.63) is 85.5 Å². The van der Waals surface area contributed by atoms with Crippen LogP contribution in [0.2, 0.25) is 5.02 Å². The van der Waals surface area contributed by atoms with Crippen LogP contribution < -0.4 is 16.7 Å². The fourth-order valence-electron chi connectivity index (χ4n) is 2.75. The minimum absolute atomic E-state index is 0.0712. The number of halogens is 1. The van der Waals surface area contributed by atoms with Gasteiger partial charge in [-0.25, -0.2) is 9.36 Å². The Morgan fingerprint density at radius 1 is 1.18 bits per heavy atom. The molecular formula is C20H19ClN4O3. The van der Waals surface area contributed by atoms with Crippen molar-refractivity contribution in [2.75, 3.05) is 5.43 Å². The summed E-state index contributed by atoms with van der Waals surface area (Å²) in [5, 5.41) is 15.5. The van der Waals surface area contributed by atoms with Crippen LogP contribution in [0.1, 0.15) is 24.5 Å². The SMILES string of the molecule is CC/C(=N\Nc1ccccc1C)c1c(O)n(-c2ccc(Cl)cc2)c(=O)[nH]c1=O. The Hall–Kier alpha value is -3.32. The minimum atomic E-state index is -0.754. The molecule has 7 nitrogen and oxygen atoms in total. The summed E-state index contributed by atoms with van der Waals surface area (Å²) < 4.78 is 1.01. The lowest BCUT2D eigenvalue weighted by Gasteiger charge is -2.13. The van der Waals surface area contributed by atoms with E-state index in [1.165, 1.54) is 0 Å². The molecule has 0 saturated carbocycles. The van der Waals surface area contributed by atoms with E-state index in [2.05, 4.69) is 15.5 Å². The Bertz CT molecular complexity index is 1150. The van der Waals surface area contributed by atoms with Gasteiger partial charge in [0.15, 0.2) is 0 Å². The van der Waals surface area contributed by atoms with Crippen molar-refractivity contribution in [2.24, 2.45) is 5.10 Å². The van der Waals surface area contributed by atoms with E-state index in [0.717, 1.165) is 15.8 Å².